The number of nitrogens with zero attached hydrogens (tertiary/aromatic N) is 2. The summed E-state index contributed by atoms with van der Waals surface area (Å²) in [4.78, 5) is 7.71. The van der Waals surface area contributed by atoms with Crippen molar-refractivity contribution in [3.05, 3.63) is 42.1 Å². The van der Waals surface area contributed by atoms with Crippen LogP contribution in [0.25, 0.3) is 10.9 Å². The van der Waals surface area contributed by atoms with Gasteiger partial charge in [-0.1, -0.05) is 0 Å². The molecule has 2 aromatic heterocycles. The molecule has 3 aromatic rings. The van der Waals surface area contributed by atoms with Crippen molar-refractivity contribution < 1.29 is 0 Å². The van der Waals surface area contributed by atoms with E-state index in [2.05, 4.69) is 43.8 Å². The number of H-pyrrole nitrogens is 2. The minimum absolute atomic E-state index is 0.332. The molecule has 2 aliphatic carbocycles. The van der Waals surface area contributed by atoms with Crippen LogP contribution in [0.5, 0.6) is 0 Å². The summed E-state index contributed by atoms with van der Waals surface area (Å²) in [5, 5.41) is 12.5. The Labute approximate surface area is 133 Å². The van der Waals surface area contributed by atoms with Crippen LogP contribution in [0.2, 0.25) is 0 Å². The topological polar surface area (TPSA) is 69.4 Å². The quantitative estimate of drug-likeness (QED) is 0.643. The molecule has 5 heteroatoms. The number of fused-ring (bicyclic) bond motifs is 9. The van der Waals surface area contributed by atoms with Crippen molar-refractivity contribution in [1.82, 2.24) is 20.2 Å². The highest BCUT2D eigenvalue weighted by atomic mass is 15.1. The van der Waals surface area contributed by atoms with Gasteiger partial charge in [0.2, 0.25) is 0 Å². The predicted molar refractivity (Wildman–Crippen MR) is 88.1 cm³/mol. The highest BCUT2D eigenvalue weighted by Crippen LogP contribution is 2.64. The van der Waals surface area contributed by atoms with Crippen molar-refractivity contribution in [1.29, 1.82) is 0 Å². The van der Waals surface area contributed by atoms with Crippen LogP contribution in [-0.4, -0.2) is 20.2 Å². The lowest BCUT2D eigenvalue weighted by molar-refractivity contribution is 0.246. The molecule has 1 aromatic carbocycles. The van der Waals surface area contributed by atoms with Gasteiger partial charge in [-0.25, -0.2) is 4.98 Å². The molecule has 2 saturated carbocycles. The number of anilines is 1. The molecule has 0 radical (unpaired) electrons. The van der Waals surface area contributed by atoms with Crippen LogP contribution >= 0.6 is 0 Å². The van der Waals surface area contributed by atoms with Crippen molar-refractivity contribution in [3.63, 3.8) is 0 Å². The maximum atomic E-state index is 4.57. The lowest BCUT2D eigenvalue weighted by atomic mass is 9.68. The van der Waals surface area contributed by atoms with Crippen molar-refractivity contribution in [2.24, 2.45) is 17.8 Å². The van der Waals surface area contributed by atoms with Crippen LogP contribution in [0, 0.1) is 17.8 Å². The zero-order valence-corrected chi connectivity index (χ0v) is 12.8. The van der Waals surface area contributed by atoms with Gasteiger partial charge in [0.25, 0.3) is 0 Å². The van der Waals surface area contributed by atoms with Gasteiger partial charge in [0, 0.05) is 17.3 Å². The van der Waals surface area contributed by atoms with Gasteiger partial charge in [0.15, 0.2) is 0 Å². The van der Waals surface area contributed by atoms with Crippen LogP contribution in [0.1, 0.15) is 42.5 Å². The largest absolute Gasteiger partial charge is 0.376 e. The van der Waals surface area contributed by atoms with Crippen LogP contribution < -0.4 is 5.32 Å². The third-order valence-corrected chi connectivity index (χ3v) is 6.51. The Kier molecular flexibility index (Phi) is 2.20. The number of hydrogen-bond donors (Lipinski definition) is 3. The molecule has 1 aliphatic heterocycles. The summed E-state index contributed by atoms with van der Waals surface area (Å²) in [5.41, 5.74) is 5.09. The molecule has 5 atom stereocenters. The van der Waals surface area contributed by atoms with Crippen LogP contribution in [0.3, 0.4) is 0 Å². The molecule has 2 fully saturated rings. The van der Waals surface area contributed by atoms with Gasteiger partial charge in [0.1, 0.15) is 0 Å². The van der Waals surface area contributed by atoms with Gasteiger partial charge in [-0.05, 0) is 60.6 Å². The fraction of sp³-hybridized carbons (Fsp3) is 0.444. The standard InChI is InChI=1S/C18H19N5/c1-2-10-5-9(1)15-16(10)18(14-7-19-8-20-14)22-13-4-3-12-11(17(13)15)6-21-23-12/h3-4,6-10,15-16,18,22H,1-2,5H2,(H,19,20)(H,21,23)/t9?,10?,15-,16+,18-/m0/s1. The Morgan fingerprint density at radius 1 is 1.13 bits per heavy atom. The van der Waals surface area contributed by atoms with E-state index in [4.69, 9.17) is 0 Å². The monoisotopic (exact) mass is 305 g/mol. The number of imidazole rings is 1. The van der Waals surface area contributed by atoms with E-state index in [0.717, 1.165) is 23.0 Å². The molecule has 3 aliphatic rings. The van der Waals surface area contributed by atoms with E-state index in [0.29, 0.717) is 17.9 Å². The second-order valence-corrected chi connectivity index (χ2v) is 7.41. The Bertz CT molecular complexity index is 880. The summed E-state index contributed by atoms with van der Waals surface area (Å²) in [6.45, 7) is 0. The fourth-order valence-corrected chi connectivity index (χ4v) is 5.74. The van der Waals surface area contributed by atoms with Crippen molar-refractivity contribution in [2.75, 3.05) is 5.32 Å². The van der Waals surface area contributed by atoms with Crippen molar-refractivity contribution >= 4 is 16.6 Å². The summed E-state index contributed by atoms with van der Waals surface area (Å²) in [7, 11) is 0. The van der Waals surface area contributed by atoms with E-state index in [1.54, 1.807) is 6.33 Å². The number of aromatic nitrogens is 4. The molecule has 2 bridgehead atoms. The molecule has 116 valence electrons. The Hall–Kier alpha value is -2.30. The number of benzene rings is 1. The highest BCUT2D eigenvalue weighted by Gasteiger charge is 2.54. The van der Waals surface area contributed by atoms with Gasteiger partial charge >= 0.3 is 0 Å². The minimum atomic E-state index is 0.332. The molecule has 0 amide bonds. The van der Waals surface area contributed by atoms with E-state index in [9.17, 15) is 0 Å². The minimum Gasteiger partial charge on any atom is -0.376 e. The SMILES string of the molecule is c1nc([C@@H]2Nc3ccc4[nH]ncc4c3[C@H]3C4CCC(C4)[C@@H]23)c[nH]1. The maximum absolute atomic E-state index is 4.57. The van der Waals surface area contributed by atoms with Crippen molar-refractivity contribution in [2.45, 2.75) is 31.2 Å². The van der Waals surface area contributed by atoms with Crippen molar-refractivity contribution in [3.8, 4) is 0 Å². The number of aromatic amines is 2. The van der Waals surface area contributed by atoms with E-state index in [-0.39, 0.29) is 0 Å². The van der Waals surface area contributed by atoms with E-state index in [1.807, 2.05) is 6.20 Å². The second kappa shape index (κ2) is 4.16. The van der Waals surface area contributed by atoms with Crippen LogP contribution in [0.4, 0.5) is 5.69 Å². The zero-order chi connectivity index (χ0) is 15.0. The smallest absolute Gasteiger partial charge is 0.0924 e. The molecule has 0 spiro atoms. The molecule has 5 nitrogen and oxygen atoms in total. The number of nitrogens with one attached hydrogen (secondary N) is 3. The van der Waals surface area contributed by atoms with E-state index < -0.39 is 0 Å². The first-order valence-corrected chi connectivity index (χ1v) is 8.61. The highest BCUT2D eigenvalue weighted by molar-refractivity contribution is 5.88. The molecule has 3 N–H and O–H groups in total. The fourth-order valence-electron chi connectivity index (χ4n) is 5.74. The first-order chi connectivity index (χ1) is 11.4. The first kappa shape index (κ1) is 12.2. The summed E-state index contributed by atoms with van der Waals surface area (Å²) in [5.74, 6) is 2.96. The van der Waals surface area contributed by atoms with Gasteiger partial charge < -0.3 is 10.3 Å². The van der Waals surface area contributed by atoms with E-state index in [1.165, 1.54) is 35.9 Å². The third-order valence-electron chi connectivity index (χ3n) is 6.51. The number of rotatable bonds is 1. The molecular weight excluding hydrogens is 286 g/mol. The third kappa shape index (κ3) is 1.47. The van der Waals surface area contributed by atoms with Crippen LogP contribution in [0.15, 0.2) is 30.9 Å². The first-order valence-electron chi connectivity index (χ1n) is 8.61. The van der Waals surface area contributed by atoms with Gasteiger partial charge in [-0.15, -0.1) is 0 Å². The van der Waals surface area contributed by atoms with Gasteiger partial charge in [-0.3, -0.25) is 5.10 Å². The maximum Gasteiger partial charge on any atom is 0.0924 e. The summed E-state index contributed by atoms with van der Waals surface area (Å²) in [6, 6.07) is 4.69. The molecule has 6 rings (SSSR count). The predicted octanol–water partition coefficient (Wildman–Crippen LogP) is 3.58. The Morgan fingerprint density at radius 2 is 2.09 bits per heavy atom. The van der Waals surface area contributed by atoms with Gasteiger partial charge in [-0.2, -0.15) is 5.10 Å². The summed E-state index contributed by atoms with van der Waals surface area (Å²) in [6.07, 6.45) is 10.0. The molecule has 2 unspecified atom stereocenters. The lowest BCUT2D eigenvalue weighted by Gasteiger charge is -2.43. The lowest BCUT2D eigenvalue weighted by Crippen LogP contribution is -2.35. The average Bonchev–Trinajstić information content (AvgIpc) is 3.37. The second-order valence-electron chi connectivity index (χ2n) is 7.41. The molecular formula is C18H19N5. The average molecular weight is 305 g/mol. The normalized spacial score (nSPS) is 34.3. The van der Waals surface area contributed by atoms with Gasteiger partial charge in [0.05, 0.1) is 29.8 Å². The molecule has 23 heavy (non-hydrogen) atoms. The molecule has 3 heterocycles. The van der Waals surface area contributed by atoms with Crippen LogP contribution in [-0.2, 0) is 0 Å². The number of hydrogen-bond acceptors (Lipinski definition) is 3. The zero-order valence-electron chi connectivity index (χ0n) is 12.8. The molecule has 0 saturated heterocycles. The summed E-state index contributed by atoms with van der Waals surface area (Å²) >= 11 is 0. The summed E-state index contributed by atoms with van der Waals surface area (Å²) < 4.78 is 0. The van der Waals surface area contributed by atoms with E-state index >= 15 is 0 Å². The Morgan fingerprint density at radius 3 is 3.00 bits per heavy atom. The Balaban J connectivity index is 1.60.